The van der Waals surface area contributed by atoms with E-state index in [2.05, 4.69) is 11.4 Å². The lowest BCUT2D eigenvalue weighted by Crippen LogP contribution is -2.21. The number of anilines is 1. The van der Waals surface area contributed by atoms with Crippen LogP contribution in [0.3, 0.4) is 0 Å². The fourth-order valence-corrected chi connectivity index (χ4v) is 3.23. The minimum absolute atomic E-state index is 0.0540. The summed E-state index contributed by atoms with van der Waals surface area (Å²) >= 11 is 0. The zero-order valence-electron chi connectivity index (χ0n) is 16.7. The molecule has 1 aliphatic rings. The van der Waals surface area contributed by atoms with Crippen molar-refractivity contribution in [1.82, 2.24) is 0 Å². The summed E-state index contributed by atoms with van der Waals surface area (Å²) < 4.78 is 11.6. The third-order valence-electron chi connectivity index (χ3n) is 4.66. The van der Waals surface area contributed by atoms with Gasteiger partial charge in [-0.2, -0.15) is 0 Å². The summed E-state index contributed by atoms with van der Waals surface area (Å²) in [5.41, 5.74) is 4.39. The molecule has 0 radical (unpaired) electrons. The summed E-state index contributed by atoms with van der Waals surface area (Å²) in [7, 11) is 1.62. The average Bonchev–Trinajstić information content (AvgIpc) is 2.65. The van der Waals surface area contributed by atoms with E-state index in [4.69, 9.17) is 9.47 Å². The van der Waals surface area contributed by atoms with E-state index in [9.17, 15) is 9.59 Å². The lowest BCUT2D eigenvalue weighted by atomic mass is 9.94. The molecular weight excluding hydrogens is 354 g/mol. The molecule has 2 aromatic carbocycles. The maximum atomic E-state index is 12.8. The molecule has 3 rings (SSSR count). The first-order chi connectivity index (χ1) is 13.4. The summed E-state index contributed by atoms with van der Waals surface area (Å²) in [6, 6.07) is 11.0. The topological polar surface area (TPSA) is 64.6 Å². The molecule has 1 heterocycles. The van der Waals surface area contributed by atoms with Crippen LogP contribution in [0.15, 0.2) is 48.0 Å². The second kappa shape index (κ2) is 8.30. The number of rotatable bonds is 5. The van der Waals surface area contributed by atoms with Gasteiger partial charge in [-0.15, -0.1) is 0 Å². The van der Waals surface area contributed by atoms with Gasteiger partial charge in [-0.05, 0) is 49.6 Å². The van der Waals surface area contributed by atoms with Crippen molar-refractivity contribution in [3.63, 3.8) is 0 Å². The van der Waals surface area contributed by atoms with Crippen LogP contribution in [0, 0.1) is 0 Å². The Labute approximate surface area is 165 Å². The average molecular weight is 379 g/mol. The molecule has 1 atom stereocenters. The molecule has 0 spiro atoms. The van der Waals surface area contributed by atoms with Crippen molar-refractivity contribution in [1.29, 1.82) is 0 Å². The predicted octanol–water partition coefficient (Wildman–Crippen LogP) is 4.87. The van der Waals surface area contributed by atoms with Crippen LogP contribution in [-0.4, -0.2) is 18.8 Å². The monoisotopic (exact) mass is 379 g/mol. The van der Waals surface area contributed by atoms with E-state index in [0.29, 0.717) is 29.2 Å². The van der Waals surface area contributed by atoms with Crippen LogP contribution in [0.25, 0.3) is 0 Å². The van der Waals surface area contributed by atoms with Gasteiger partial charge in [0, 0.05) is 18.7 Å². The highest BCUT2D eigenvalue weighted by Crippen LogP contribution is 2.39. The van der Waals surface area contributed by atoms with Gasteiger partial charge in [-0.1, -0.05) is 23.8 Å². The maximum absolute atomic E-state index is 12.8. The summed E-state index contributed by atoms with van der Waals surface area (Å²) in [4.78, 5) is 23.9. The number of benzene rings is 2. The minimum atomic E-state index is -0.361. The summed E-state index contributed by atoms with van der Waals surface area (Å²) in [5, 5.41) is 2.73. The van der Waals surface area contributed by atoms with Crippen molar-refractivity contribution >= 4 is 17.4 Å². The van der Waals surface area contributed by atoms with Gasteiger partial charge < -0.3 is 14.8 Å². The Morgan fingerprint density at radius 2 is 1.93 bits per heavy atom. The lowest BCUT2D eigenvalue weighted by molar-refractivity contribution is -0.114. The number of methoxy groups -OCH3 is 1. The van der Waals surface area contributed by atoms with Crippen LogP contribution in [-0.2, 0) is 11.2 Å². The molecule has 28 heavy (non-hydrogen) atoms. The highest BCUT2D eigenvalue weighted by Gasteiger charge is 2.29. The SMILES string of the molecule is COc1cc2c(cc1CC=C(C)C)C(=O)CC(c1ccc(NC(C)=O)cc1)O2. The van der Waals surface area contributed by atoms with Crippen LogP contribution in [0.1, 0.15) is 54.8 Å². The Morgan fingerprint density at radius 1 is 1.21 bits per heavy atom. The number of ether oxygens (including phenoxy) is 2. The first-order valence-electron chi connectivity index (χ1n) is 9.29. The van der Waals surface area contributed by atoms with Gasteiger partial charge in [0.2, 0.25) is 5.91 Å². The van der Waals surface area contributed by atoms with Crippen LogP contribution < -0.4 is 14.8 Å². The fourth-order valence-electron chi connectivity index (χ4n) is 3.23. The van der Waals surface area contributed by atoms with E-state index in [1.165, 1.54) is 12.5 Å². The molecule has 1 N–H and O–H groups in total. The number of Topliss-reactive ketones (excluding diaryl/α,β-unsaturated/α-hetero) is 1. The fraction of sp³-hybridized carbons (Fsp3) is 0.304. The molecule has 0 saturated carbocycles. The predicted molar refractivity (Wildman–Crippen MR) is 109 cm³/mol. The van der Waals surface area contributed by atoms with Gasteiger partial charge in [0.1, 0.15) is 17.6 Å². The van der Waals surface area contributed by atoms with Gasteiger partial charge >= 0.3 is 0 Å². The van der Waals surface area contributed by atoms with E-state index in [1.807, 2.05) is 44.2 Å². The molecule has 0 saturated heterocycles. The van der Waals surface area contributed by atoms with Crippen LogP contribution in [0.5, 0.6) is 11.5 Å². The van der Waals surface area contributed by atoms with Crippen molar-refractivity contribution in [3.8, 4) is 11.5 Å². The molecule has 0 aromatic heterocycles. The molecular formula is C23H25NO4. The van der Waals surface area contributed by atoms with Crippen LogP contribution in [0.2, 0.25) is 0 Å². The van der Waals surface area contributed by atoms with Crippen molar-refractivity contribution in [3.05, 3.63) is 64.7 Å². The van der Waals surface area contributed by atoms with Gasteiger partial charge in [-0.3, -0.25) is 9.59 Å². The van der Waals surface area contributed by atoms with Gasteiger partial charge in [0.15, 0.2) is 5.78 Å². The molecule has 146 valence electrons. The van der Waals surface area contributed by atoms with Gasteiger partial charge in [0.25, 0.3) is 0 Å². The Bertz CT molecular complexity index is 924. The Hall–Kier alpha value is -3.08. The quantitative estimate of drug-likeness (QED) is 0.753. The third-order valence-corrected chi connectivity index (χ3v) is 4.66. The molecule has 0 fully saturated rings. The molecule has 0 aliphatic carbocycles. The van der Waals surface area contributed by atoms with E-state index in [-0.39, 0.29) is 24.2 Å². The molecule has 5 nitrogen and oxygen atoms in total. The molecule has 1 unspecified atom stereocenters. The minimum Gasteiger partial charge on any atom is -0.496 e. The van der Waals surface area contributed by atoms with E-state index < -0.39 is 0 Å². The number of carbonyl (C=O) groups is 2. The number of fused-ring (bicyclic) bond motifs is 1. The summed E-state index contributed by atoms with van der Waals surface area (Å²) in [6.45, 7) is 5.55. The number of allylic oxidation sites excluding steroid dienone is 2. The number of hydrogen-bond acceptors (Lipinski definition) is 4. The smallest absolute Gasteiger partial charge is 0.221 e. The van der Waals surface area contributed by atoms with Crippen LogP contribution in [0.4, 0.5) is 5.69 Å². The van der Waals surface area contributed by atoms with Crippen molar-refractivity contribution in [2.24, 2.45) is 0 Å². The highest BCUT2D eigenvalue weighted by molar-refractivity contribution is 6.00. The standard InChI is InChI=1S/C23H25NO4/c1-14(2)5-6-17-11-19-20(26)12-22(28-23(19)13-21(17)27-4)16-7-9-18(10-8-16)24-15(3)25/h5,7-11,13,22H,6,12H2,1-4H3,(H,24,25). The van der Waals surface area contributed by atoms with E-state index in [1.54, 1.807) is 13.2 Å². The molecule has 1 amide bonds. The van der Waals surface area contributed by atoms with E-state index in [0.717, 1.165) is 11.1 Å². The first kappa shape index (κ1) is 19.7. The van der Waals surface area contributed by atoms with E-state index >= 15 is 0 Å². The van der Waals surface area contributed by atoms with Crippen molar-refractivity contribution < 1.29 is 19.1 Å². The number of nitrogens with one attached hydrogen (secondary N) is 1. The van der Waals surface area contributed by atoms with Crippen molar-refractivity contribution in [2.75, 3.05) is 12.4 Å². The maximum Gasteiger partial charge on any atom is 0.221 e. The Kier molecular flexibility index (Phi) is 5.83. The van der Waals surface area contributed by atoms with Gasteiger partial charge in [-0.25, -0.2) is 0 Å². The van der Waals surface area contributed by atoms with Crippen molar-refractivity contribution in [2.45, 2.75) is 39.7 Å². The molecule has 0 bridgehead atoms. The highest BCUT2D eigenvalue weighted by atomic mass is 16.5. The van der Waals surface area contributed by atoms with Crippen LogP contribution >= 0.6 is 0 Å². The third kappa shape index (κ3) is 4.42. The molecule has 2 aromatic rings. The molecule has 1 aliphatic heterocycles. The number of hydrogen-bond donors (Lipinski definition) is 1. The first-order valence-corrected chi connectivity index (χ1v) is 9.29. The number of carbonyl (C=O) groups excluding carboxylic acids is 2. The Balaban J connectivity index is 1.87. The largest absolute Gasteiger partial charge is 0.496 e. The Morgan fingerprint density at radius 3 is 2.54 bits per heavy atom. The summed E-state index contributed by atoms with van der Waals surface area (Å²) in [5.74, 6) is 1.19. The van der Waals surface area contributed by atoms with Gasteiger partial charge in [0.05, 0.1) is 19.1 Å². The zero-order valence-corrected chi connectivity index (χ0v) is 16.7. The normalized spacial score (nSPS) is 15.3. The summed E-state index contributed by atoms with van der Waals surface area (Å²) in [6.07, 6.45) is 2.73. The second-order valence-corrected chi connectivity index (χ2v) is 7.18. The molecule has 5 heteroatoms. The number of amides is 1. The second-order valence-electron chi connectivity index (χ2n) is 7.18. The lowest BCUT2D eigenvalue weighted by Gasteiger charge is -2.27. The number of ketones is 1. The zero-order chi connectivity index (χ0) is 20.3.